The molecular formula is C12H15BrF3NO2S. The van der Waals surface area contributed by atoms with E-state index in [0.717, 1.165) is 0 Å². The fourth-order valence-corrected chi connectivity index (χ4v) is 3.72. The molecular weight excluding hydrogens is 359 g/mol. The Morgan fingerprint density at radius 3 is 2.10 bits per heavy atom. The van der Waals surface area contributed by atoms with E-state index in [9.17, 15) is 21.6 Å². The van der Waals surface area contributed by atoms with Gasteiger partial charge in [0.2, 0.25) is 10.0 Å². The molecule has 0 saturated carbocycles. The number of hydrogen-bond donors (Lipinski definition) is 1. The van der Waals surface area contributed by atoms with Gasteiger partial charge in [-0.2, -0.15) is 0 Å². The summed E-state index contributed by atoms with van der Waals surface area (Å²) < 4.78 is 66.2. The molecule has 0 aliphatic carbocycles. The molecule has 0 fully saturated rings. The first-order valence-corrected chi connectivity index (χ1v) is 8.52. The third-order valence-corrected chi connectivity index (χ3v) is 4.76. The summed E-state index contributed by atoms with van der Waals surface area (Å²) in [6.07, 6.45) is 0.460. The lowest BCUT2D eigenvalue weighted by molar-refractivity contribution is 0.434. The van der Waals surface area contributed by atoms with Crippen molar-refractivity contribution in [3.8, 4) is 0 Å². The van der Waals surface area contributed by atoms with Crippen molar-refractivity contribution in [3.63, 3.8) is 0 Å². The second-order valence-electron chi connectivity index (χ2n) is 4.65. The zero-order valence-electron chi connectivity index (χ0n) is 11.0. The Balaban J connectivity index is 3.17. The van der Waals surface area contributed by atoms with Crippen LogP contribution < -0.4 is 4.72 Å². The van der Waals surface area contributed by atoms with Gasteiger partial charge in [-0.15, -0.1) is 0 Å². The van der Waals surface area contributed by atoms with E-state index >= 15 is 0 Å². The van der Waals surface area contributed by atoms with Crippen LogP contribution in [0.5, 0.6) is 0 Å². The minimum Gasteiger partial charge on any atom is -0.208 e. The molecule has 1 aromatic rings. The standard InChI is InChI=1S/C12H15BrF3NO2S/c1-7(2)11(3-4-13)17-20(18,19)12-9(15)5-8(14)6-10(12)16/h5-7,11,17H,3-4H2,1-2H3. The maximum absolute atomic E-state index is 13.5. The second kappa shape index (κ2) is 6.91. The van der Waals surface area contributed by atoms with E-state index in [1.54, 1.807) is 13.8 Å². The molecule has 1 rings (SSSR count). The first kappa shape index (κ1) is 17.5. The zero-order valence-corrected chi connectivity index (χ0v) is 13.4. The normalized spacial score (nSPS) is 13.8. The monoisotopic (exact) mass is 373 g/mol. The highest BCUT2D eigenvalue weighted by Gasteiger charge is 2.28. The van der Waals surface area contributed by atoms with E-state index in [1.165, 1.54) is 0 Å². The Bertz CT molecular complexity index is 555. The van der Waals surface area contributed by atoms with Crippen LogP contribution in [0.2, 0.25) is 0 Å². The van der Waals surface area contributed by atoms with Crippen molar-refractivity contribution in [2.24, 2.45) is 5.92 Å². The molecule has 8 heteroatoms. The van der Waals surface area contributed by atoms with Crippen LogP contribution in [0.15, 0.2) is 17.0 Å². The highest BCUT2D eigenvalue weighted by Crippen LogP contribution is 2.21. The lowest BCUT2D eigenvalue weighted by Crippen LogP contribution is -2.39. The van der Waals surface area contributed by atoms with Crippen molar-refractivity contribution < 1.29 is 21.6 Å². The van der Waals surface area contributed by atoms with E-state index in [0.29, 0.717) is 23.9 Å². The van der Waals surface area contributed by atoms with Crippen LogP contribution in [0.1, 0.15) is 20.3 Å². The average molecular weight is 374 g/mol. The predicted octanol–water partition coefficient (Wildman–Crippen LogP) is 3.19. The Labute approximate surface area is 124 Å². The highest BCUT2D eigenvalue weighted by atomic mass is 79.9. The molecule has 1 N–H and O–H groups in total. The predicted molar refractivity (Wildman–Crippen MR) is 73.7 cm³/mol. The first-order valence-electron chi connectivity index (χ1n) is 5.92. The van der Waals surface area contributed by atoms with E-state index in [2.05, 4.69) is 20.7 Å². The van der Waals surface area contributed by atoms with Crippen molar-refractivity contribution in [3.05, 3.63) is 29.6 Å². The zero-order chi connectivity index (χ0) is 15.5. The van der Waals surface area contributed by atoms with Gasteiger partial charge in [-0.3, -0.25) is 0 Å². The molecule has 0 radical (unpaired) electrons. The summed E-state index contributed by atoms with van der Waals surface area (Å²) in [5.74, 6) is -4.12. The molecule has 0 aliphatic heterocycles. The number of nitrogens with one attached hydrogen (secondary N) is 1. The van der Waals surface area contributed by atoms with Gasteiger partial charge in [-0.1, -0.05) is 29.8 Å². The van der Waals surface area contributed by atoms with Crippen LogP contribution in [0.25, 0.3) is 0 Å². The van der Waals surface area contributed by atoms with Gasteiger partial charge in [0, 0.05) is 23.5 Å². The number of alkyl halides is 1. The lowest BCUT2D eigenvalue weighted by atomic mass is 10.0. The Morgan fingerprint density at radius 1 is 1.20 bits per heavy atom. The smallest absolute Gasteiger partial charge is 0.208 e. The molecule has 114 valence electrons. The van der Waals surface area contributed by atoms with E-state index in [-0.39, 0.29) is 5.92 Å². The number of sulfonamides is 1. The summed E-state index contributed by atoms with van der Waals surface area (Å²) in [7, 11) is -4.39. The minimum absolute atomic E-state index is 0.0612. The van der Waals surface area contributed by atoms with Gasteiger partial charge in [-0.05, 0) is 12.3 Å². The van der Waals surface area contributed by atoms with Crippen molar-refractivity contribution in [2.45, 2.75) is 31.2 Å². The van der Waals surface area contributed by atoms with Gasteiger partial charge in [-0.25, -0.2) is 26.3 Å². The highest BCUT2D eigenvalue weighted by molar-refractivity contribution is 9.09. The average Bonchev–Trinajstić information content (AvgIpc) is 2.25. The Morgan fingerprint density at radius 2 is 1.70 bits per heavy atom. The van der Waals surface area contributed by atoms with Crippen molar-refractivity contribution in [1.29, 1.82) is 0 Å². The quantitative estimate of drug-likeness (QED) is 0.778. The molecule has 0 aromatic heterocycles. The van der Waals surface area contributed by atoms with Crippen LogP contribution in [0.4, 0.5) is 13.2 Å². The van der Waals surface area contributed by atoms with Crippen molar-refractivity contribution in [1.82, 2.24) is 4.72 Å². The fraction of sp³-hybridized carbons (Fsp3) is 0.500. The molecule has 0 saturated heterocycles. The van der Waals surface area contributed by atoms with Crippen LogP contribution in [-0.4, -0.2) is 19.8 Å². The second-order valence-corrected chi connectivity index (χ2v) is 7.09. The van der Waals surface area contributed by atoms with Crippen molar-refractivity contribution >= 4 is 26.0 Å². The summed E-state index contributed by atoms with van der Waals surface area (Å²) in [5, 5.41) is 0.534. The van der Waals surface area contributed by atoms with Gasteiger partial charge in [0.05, 0.1) is 0 Å². The molecule has 0 amide bonds. The number of benzene rings is 1. The van der Waals surface area contributed by atoms with Crippen LogP contribution in [0, 0.1) is 23.4 Å². The van der Waals surface area contributed by atoms with Gasteiger partial charge in [0.1, 0.15) is 17.5 Å². The van der Waals surface area contributed by atoms with E-state index in [1.807, 2.05) is 0 Å². The third-order valence-electron chi connectivity index (χ3n) is 2.76. The summed E-state index contributed by atoms with van der Waals surface area (Å²) >= 11 is 3.19. The van der Waals surface area contributed by atoms with E-state index in [4.69, 9.17) is 0 Å². The molecule has 0 spiro atoms. The fourth-order valence-electron chi connectivity index (χ4n) is 1.69. The molecule has 0 heterocycles. The maximum Gasteiger partial charge on any atom is 0.246 e. The van der Waals surface area contributed by atoms with Gasteiger partial charge >= 0.3 is 0 Å². The van der Waals surface area contributed by atoms with Crippen LogP contribution >= 0.6 is 15.9 Å². The first-order chi connectivity index (χ1) is 9.19. The summed E-state index contributed by atoms with van der Waals surface area (Å²) in [4.78, 5) is -1.15. The Hall–Kier alpha value is -0.600. The molecule has 1 unspecified atom stereocenters. The van der Waals surface area contributed by atoms with Gasteiger partial charge < -0.3 is 0 Å². The molecule has 0 bridgehead atoms. The molecule has 1 aromatic carbocycles. The van der Waals surface area contributed by atoms with Crippen LogP contribution in [0.3, 0.4) is 0 Å². The number of rotatable bonds is 6. The van der Waals surface area contributed by atoms with Gasteiger partial charge in [0.25, 0.3) is 0 Å². The number of halogens is 4. The summed E-state index contributed by atoms with van der Waals surface area (Å²) in [6.45, 7) is 3.57. The van der Waals surface area contributed by atoms with E-state index < -0.39 is 38.4 Å². The minimum atomic E-state index is -4.39. The molecule has 0 aliphatic rings. The Kier molecular flexibility index (Phi) is 6.03. The van der Waals surface area contributed by atoms with Gasteiger partial charge in [0.15, 0.2) is 4.90 Å². The van der Waals surface area contributed by atoms with Crippen LogP contribution in [-0.2, 0) is 10.0 Å². The third kappa shape index (κ3) is 4.20. The molecule has 20 heavy (non-hydrogen) atoms. The largest absolute Gasteiger partial charge is 0.246 e. The topological polar surface area (TPSA) is 46.2 Å². The molecule has 1 atom stereocenters. The SMILES string of the molecule is CC(C)C(CCBr)NS(=O)(=O)c1c(F)cc(F)cc1F. The summed E-state index contributed by atoms with van der Waals surface area (Å²) in [5.41, 5.74) is 0. The van der Waals surface area contributed by atoms with Crippen molar-refractivity contribution in [2.75, 3.05) is 5.33 Å². The molecule has 3 nitrogen and oxygen atoms in total. The summed E-state index contributed by atoms with van der Waals surface area (Å²) in [6, 6.07) is 0.196. The number of hydrogen-bond acceptors (Lipinski definition) is 2. The lowest BCUT2D eigenvalue weighted by Gasteiger charge is -2.21. The maximum atomic E-state index is 13.5.